The number of anilines is 1. The zero-order valence-electron chi connectivity index (χ0n) is 10.2. The van der Waals surface area contributed by atoms with Gasteiger partial charge in [-0.15, -0.1) is 11.3 Å². The molecular weight excluding hydrogens is 371 g/mol. The number of rotatable bonds is 2. The molecule has 0 aliphatic rings. The van der Waals surface area contributed by atoms with Crippen LogP contribution in [0.5, 0.6) is 11.5 Å². The van der Waals surface area contributed by atoms with E-state index in [1.165, 1.54) is 2.88 Å². The van der Waals surface area contributed by atoms with Crippen LogP contribution in [-0.2, 0) is 0 Å². The molecule has 0 aliphatic carbocycles. The number of halogens is 1. The summed E-state index contributed by atoms with van der Waals surface area (Å²) in [5, 5.41) is 0. The standard InChI is InChI=1S/C14H11IN2OS/c1-8-6-9(2-3-10(8)16)18-12-4-5-17-11-7-13(15)19-14(11)12/h2-7H,16H2,1H3. The SMILES string of the molecule is Cc1cc(Oc2ccnc3cc(I)sc23)ccc1N. The van der Waals surface area contributed by atoms with Crippen molar-refractivity contribution < 1.29 is 4.74 Å². The Balaban J connectivity index is 2.02. The molecule has 3 aromatic rings. The molecule has 0 unspecified atom stereocenters. The fraction of sp³-hybridized carbons (Fsp3) is 0.0714. The molecule has 0 saturated heterocycles. The van der Waals surface area contributed by atoms with E-state index in [1.54, 1.807) is 17.5 Å². The third kappa shape index (κ3) is 2.52. The maximum absolute atomic E-state index is 5.95. The van der Waals surface area contributed by atoms with Crippen LogP contribution in [0, 0.1) is 9.81 Å². The van der Waals surface area contributed by atoms with E-state index in [0.717, 1.165) is 33.0 Å². The lowest BCUT2D eigenvalue weighted by Gasteiger charge is -2.08. The summed E-state index contributed by atoms with van der Waals surface area (Å²) in [6.07, 6.45) is 1.77. The zero-order chi connectivity index (χ0) is 13.4. The van der Waals surface area contributed by atoms with Gasteiger partial charge in [-0.3, -0.25) is 4.98 Å². The van der Waals surface area contributed by atoms with Gasteiger partial charge in [0.15, 0.2) is 0 Å². The smallest absolute Gasteiger partial charge is 0.148 e. The number of fused-ring (bicyclic) bond motifs is 1. The number of ether oxygens (including phenoxy) is 1. The molecule has 0 spiro atoms. The number of aryl methyl sites for hydroxylation is 1. The summed E-state index contributed by atoms with van der Waals surface area (Å²) in [5.41, 5.74) is 8.58. The summed E-state index contributed by atoms with van der Waals surface area (Å²) in [6, 6.07) is 9.64. The van der Waals surface area contributed by atoms with Crippen molar-refractivity contribution in [3.63, 3.8) is 0 Å². The van der Waals surface area contributed by atoms with Crippen molar-refractivity contribution in [1.29, 1.82) is 0 Å². The molecule has 1 aromatic carbocycles. The third-order valence-electron chi connectivity index (χ3n) is 2.81. The van der Waals surface area contributed by atoms with Gasteiger partial charge in [-0.1, -0.05) is 0 Å². The van der Waals surface area contributed by atoms with E-state index < -0.39 is 0 Å². The van der Waals surface area contributed by atoms with Crippen molar-refractivity contribution >= 4 is 49.8 Å². The van der Waals surface area contributed by atoms with Crippen LogP contribution in [0.3, 0.4) is 0 Å². The Hall–Kier alpha value is -1.34. The number of nitrogens with two attached hydrogens (primary N) is 1. The molecule has 96 valence electrons. The second kappa shape index (κ2) is 4.97. The lowest BCUT2D eigenvalue weighted by Crippen LogP contribution is -1.91. The first-order chi connectivity index (χ1) is 9.13. The molecule has 5 heteroatoms. The number of thiophene rings is 1. The normalized spacial score (nSPS) is 10.8. The van der Waals surface area contributed by atoms with E-state index in [0.29, 0.717) is 0 Å². The van der Waals surface area contributed by atoms with Gasteiger partial charge in [-0.05, 0) is 59.3 Å². The summed E-state index contributed by atoms with van der Waals surface area (Å²) in [4.78, 5) is 4.34. The van der Waals surface area contributed by atoms with Crippen LogP contribution in [0.25, 0.3) is 10.2 Å². The monoisotopic (exact) mass is 382 g/mol. The van der Waals surface area contributed by atoms with Crippen molar-refractivity contribution in [3.05, 3.63) is 45.0 Å². The number of benzene rings is 1. The first-order valence-corrected chi connectivity index (χ1v) is 7.61. The van der Waals surface area contributed by atoms with E-state index in [2.05, 4.69) is 33.6 Å². The summed E-state index contributed by atoms with van der Waals surface area (Å²) in [7, 11) is 0. The molecule has 3 nitrogen and oxygen atoms in total. The number of hydrogen-bond acceptors (Lipinski definition) is 4. The van der Waals surface area contributed by atoms with E-state index >= 15 is 0 Å². The first-order valence-electron chi connectivity index (χ1n) is 5.71. The van der Waals surface area contributed by atoms with Gasteiger partial charge in [-0.2, -0.15) is 0 Å². The minimum absolute atomic E-state index is 0.776. The second-order valence-corrected chi connectivity index (χ2v) is 7.14. The number of aromatic nitrogens is 1. The Morgan fingerprint density at radius 2 is 2.11 bits per heavy atom. The van der Waals surface area contributed by atoms with E-state index in [9.17, 15) is 0 Å². The predicted molar refractivity (Wildman–Crippen MR) is 88.0 cm³/mol. The van der Waals surface area contributed by atoms with Crippen molar-refractivity contribution in [3.8, 4) is 11.5 Å². The maximum Gasteiger partial charge on any atom is 0.148 e. The molecule has 19 heavy (non-hydrogen) atoms. The van der Waals surface area contributed by atoms with Crippen molar-refractivity contribution in [1.82, 2.24) is 4.98 Å². The summed E-state index contributed by atoms with van der Waals surface area (Å²) in [5.74, 6) is 1.63. The molecule has 0 aliphatic heterocycles. The fourth-order valence-electron chi connectivity index (χ4n) is 1.80. The molecule has 3 rings (SSSR count). The second-order valence-electron chi connectivity index (χ2n) is 4.19. The third-order valence-corrected chi connectivity index (χ3v) is 4.71. The van der Waals surface area contributed by atoms with Gasteiger partial charge in [0.1, 0.15) is 11.5 Å². The van der Waals surface area contributed by atoms with Gasteiger partial charge in [0, 0.05) is 18.0 Å². The lowest BCUT2D eigenvalue weighted by atomic mass is 10.2. The highest BCUT2D eigenvalue weighted by Gasteiger charge is 2.08. The summed E-state index contributed by atoms with van der Waals surface area (Å²) in [6.45, 7) is 1.97. The summed E-state index contributed by atoms with van der Waals surface area (Å²) >= 11 is 3.98. The average Bonchev–Trinajstić information content (AvgIpc) is 2.75. The number of pyridine rings is 1. The molecule has 0 atom stereocenters. The number of nitrogen functional groups attached to an aromatic ring is 1. The van der Waals surface area contributed by atoms with E-state index in [1.807, 2.05) is 31.2 Å². The topological polar surface area (TPSA) is 48.1 Å². The van der Waals surface area contributed by atoms with Crippen molar-refractivity contribution in [2.45, 2.75) is 6.92 Å². The Morgan fingerprint density at radius 1 is 1.26 bits per heavy atom. The Morgan fingerprint density at radius 3 is 2.89 bits per heavy atom. The number of hydrogen-bond donors (Lipinski definition) is 1. The maximum atomic E-state index is 5.95. The molecule has 2 aromatic heterocycles. The molecule has 0 fully saturated rings. The minimum Gasteiger partial charge on any atom is -0.456 e. The van der Waals surface area contributed by atoms with Gasteiger partial charge < -0.3 is 10.5 Å². The molecule has 0 saturated carbocycles. The number of nitrogens with zero attached hydrogens (tertiary/aromatic N) is 1. The van der Waals surface area contributed by atoms with Crippen molar-refractivity contribution in [2.24, 2.45) is 0 Å². The van der Waals surface area contributed by atoms with Crippen LogP contribution in [0.15, 0.2) is 36.5 Å². The van der Waals surface area contributed by atoms with Gasteiger partial charge in [0.25, 0.3) is 0 Å². The van der Waals surface area contributed by atoms with Crippen LogP contribution in [0.1, 0.15) is 5.56 Å². The largest absolute Gasteiger partial charge is 0.456 e. The molecule has 0 amide bonds. The van der Waals surface area contributed by atoms with Gasteiger partial charge in [0.2, 0.25) is 0 Å². The van der Waals surface area contributed by atoms with Gasteiger partial charge in [0.05, 0.1) is 13.1 Å². The molecule has 2 N–H and O–H groups in total. The van der Waals surface area contributed by atoms with Gasteiger partial charge in [-0.25, -0.2) is 0 Å². The van der Waals surface area contributed by atoms with Crippen LogP contribution in [0.4, 0.5) is 5.69 Å². The van der Waals surface area contributed by atoms with Crippen LogP contribution in [-0.4, -0.2) is 4.98 Å². The quantitative estimate of drug-likeness (QED) is 0.521. The van der Waals surface area contributed by atoms with Crippen LogP contribution in [0.2, 0.25) is 0 Å². The molecular formula is C14H11IN2OS. The highest BCUT2D eigenvalue weighted by molar-refractivity contribution is 14.1. The zero-order valence-corrected chi connectivity index (χ0v) is 13.2. The lowest BCUT2D eigenvalue weighted by molar-refractivity contribution is 0.488. The Labute approximate surface area is 128 Å². The van der Waals surface area contributed by atoms with Gasteiger partial charge >= 0.3 is 0 Å². The minimum atomic E-state index is 0.776. The first kappa shape index (κ1) is 12.7. The Kier molecular flexibility index (Phi) is 3.32. The van der Waals surface area contributed by atoms with Crippen molar-refractivity contribution in [2.75, 3.05) is 5.73 Å². The highest BCUT2D eigenvalue weighted by Crippen LogP contribution is 2.35. The van der Waals surface area contributed by atoms with E-state index in [4.69, 9.17) is 10.5 Å². The molecule has 0 radical (unpaired) electrons. The highest BCUT2D eigenvalue weighted by atomic mass is 127. The van der Waals surface area contributed by atoms with E-state index in [-0.39, 0.29) is 0 Å². The molecule has 2 heterocycles. The average molecular weight is 382 g/mol. The fourth-order valence-corrected chi connectivity index (χ4v) is 3.55. The van der Waals surface area contributed by atoms with Crippen LogP contribution >= 0.6 is 33.9 Å². The Bertz CT molecular complexity index is 754. The summed E-state index contributed by atoms with van der Waals surface area (Å²) < 4.78 is 8.22. The predicted octanol–water partition coefficient (Wildman–Crippen LogP) is 4.58. The molecule has 0 bridgehead atoms. The van der Waals surface area contributed by atoms with Crippen LogP contribution < -0.4 is 10.5 Å².